The molecule has 0 saturated heterocycles. The van der Waals surface area contributed by atoms with Gasteiger partial charge in [-0.25, -0.2) is 9.59 Å². The Labute approximate surface area is 105 Å². The van der Waals surface area contributed by atoms with Crippen LogP contribution in [0.5, 0.6) is 0 Å². The van der Waals surface area contributed by atoms with E-state index in [1.807, 2.05) is 0 Å². The summed E-state index contributed by atoms with van der Waals surface area (Å²) in [4.78, 5) is 23.1. The Hall–Kier alpha value is -1.82. The molecule has 6 nitrogen and oxygen atoms in total. The van der Waals surface area contributed by atoms with E-state index in [0.717, 1.165) is 0 Å². The van der Waals surface area contributed by atoms with Crippen molar-refractivity contribution < 1.29 is 28.2 Å². The summed E-state index contributed by atoms with van der Waals surface area (Å²) < 4.78 is 19.8. The molecule has 0 aliphatic rings. The zero-order valence-corrected chi connectivity index (χ0v) is 10.6. The molecule has 0 N–H and O–H groups in total. The Kier molecular flexibility index (Phi) is 5.38. The van der Waals surface area contributed by atoms with E-state index in [2.05, 4.69) is 0 Å². The van der Waals surface area contributed by atoms with E-state index in [0.29, 0.717) is 0 Å². The minimum atomic E-state index is -0.620. The fourth-order valence-corrected chi connectivity index (χ4v) is 1.35. The second-order valence-electron chi connectivity index (χ2n) is 3.32. The van der Waals surface area contributed by atoms with Crippen LogP contribution in [-0.2, 0) is 20.8 Å². The highest BCUT2D eigenvalue weighted by molar-refractivity contribution is 5.94. The summed E-state index contributed by atoms with van der Waals surface area (Å²) in [5.74, 6) is -0.958. The van der Waals surface area contributed by atoms with Gasteiger partial charge in [0.1, 0.15) is 17.9 Å². The van der Waals surface area contributed by atoms with Crippen molar-refractivity contribution in [1.29, 1.82) is 0 Å². The highest BCUT2D eigenvalue weighted by atomic mass is 16.5. The maximum absolute atomic E-state index is 11.6. The van der Waals surface area contributed by atoms with Gasteiger partial charge < -0.3 is 18.6 Å². The van der Waals surface area contributed by atoms with E-state index in [1.54, 1.807) is 13.8 Å². The highest BCUT2D eigenvalue weighted by Gasteiger charge is 2.22. The number of furan rings is 1. The maximum atomic E-state index is 11.6. The van der Waals surface area contributed by atoms with Crippen LogP contribution in [0.3, 0.4) is 0 Å². The molecule has 0 atom stereocenters. The molecule has 1 rings (SSSR count). The molecule has 6 heteroatoms. The van der Waals surface area contributed by atoms with Crippen molar-refractivity contribution in [2.24, 2.45) is 0 Å². The number of rotatable bonds is 6. The van der Waals surface area contributed by atoms with E-state index in [1.165, 1.54) is 13.2 Å². The average Bonchev–Trinajstić information content (AvgIpc) is 2.74. The van der Waals surface area contributed by atoms with Crippen LogP contribution in [0, 0.1) is 0 Å². The van der Waals surface area contributed by atoms with Gasteiger partial charge in [-0.05, 0) is 13.8 Å². The number of hydrogen-bond acceptors (Lipinski definition) is 6. The number of carbonyl (C=O) groups excluding carboxylic acids is 2. The van der Waals surface area contributed by atoms with E-state index >= 15 is 0 Å². The lowest BCUT2D eigenvalue weighted by Gasteiger charge is -2.00. The van der Waals surface area contributed by atoms with Crippen molar-refractivity contribution in [3.63, 3.8) is 0 Å². The first-order valence-corrected chi connectivity index (χ1v) is 5.59. The van der Waals surface area contributed by atoms with Crippen LogP contribution in [0.2, 0.25) is 0 Å². The lowest BCUT2D eigenvalue weighted by molar-refractivity contribution is 0.0477. The molecule has 0 aliphatic carbocycles. The Morgan fingerprint density at radius 2 is 1.78 bits per heavy atom. The lowest BCUT2D eigenvalue weighted by atomic mass is 10.2. The minimum Gasteiger partial charge on any atom is -0.462 e. The molecule has 0 aromatic carbocycles. The maximum Gasteiger partial charge on any atom is 0.374 e. The molecule has 18 heavy (non-hydrogen) atoms. The van der Waals surface area contributed by atoms with Gasteiger partial charge in [0.25, 0.3) is 0 Å². The molecule has 0 radical (unpaired) electrons. The summed E-state index contributed by atoms with van der Waals surface area (Å²) in [7, 11) is 1.46. The molecule has 0 bridgehead atoms. The third kappa shape index (κ3) is 3.33. The van der Waals surface area contributed by atoms with Gasteiger partial charge in [0.2, 0.25) is 5.76 Å². The van der Waals surface area contributed by atoms with Crippen LogP contribution >= 0.6 is 0 Å². The van der Waals surface area contributed by atoms with Gasteiger partial charge in [0.15, 0.2) is 0 Å². The van der Waals surface area contributed by atoms with Gasteiger partial charge in [-0.3, -0.25) is 0 Å². The van der Waals surface area contributed by atoms with E-state index in [9.17, 15) is 9.59 Å². The molecular formula is C12H16O6. The molecule has 0 spiro atoms. The summed E-state index contributed by atoms with van der Waals surface area (Å²) in [5, 5.41) is 0. The number of ether oxygens (including phenoxy) is 3. The molecule has 0 amide bonds. The fraction of sp³-hybridized carbons (Fsp3) is 0.500. The van der Waals surface area contributed by atoms with Crippen LogP contribution in [0.15, 0.2) is 10.5 Å². The Morgan fingerprint density at radius 1 is 1.17 bits per heavy atom. The summed E-state index contributed by atoms with van der Waals surface area (Å²) in [6, 6.07) is 1.31. The van der Waals surface area contributed by atoms with Crippen LogP contribution in [0.4, 0.5) is 0 Å². The van der Waals surface area contributed by atoms with Crippen LogP contribution in [-0.4, -0.2) is 32.3 Å². The van der Waals surface area contributed by atoms with Gasteiger partial charge in [-0.1, -0.05) is 0 Å². The van der Waals surface area contributed by atoms with Gasteiger partial charge >= 0.3 is 11.9 Å². The number of hydrogen-bond donors (Lipinski definition) is 0. The van der Waals surface area contributed by atoms with Crippen LogP contribution in [0.1, 0.15) is 40.5 Å². The monoisotopic (exact) mass is 256 g/mol. The summed E-state index contributed by atoms with van der Waals surface area (Å²) >= 11 is 0. The van der Waals surface area contributed by atoms with Crippen molar-refractivity contribution in [2.45, 2.75) is 20.5 Å². The number of methoxy groups -OCH3 is 1. The molecule has 0 fully saturated rings. The Balaban J connectivity index is 3.00. The largest absolute Gasteiger partial charge is 0.462 e. The van der Waals surface area contributed by atoms with Crippen molar-refractivity contribution in [2.75, 3.05) is 20.3 Å². The SMILES string of the molecule is CCOC(=O)c1cc(C(=O)OCC)c(COC)o1. The summed E-state index contributed by atoms with van der Waals surface area (Å²) in [6.45, 7) is 3.93. The van der Waals surface area contributed by atoms with Crippen molar-refractivity contribution >= 4 is 11.9 Å². The zero-order chi connectivity index (χ0) is 13.5. The molecule has 0 saturated carbocycles. The minimum absolute atomic E-state index is 0.0352. The van der Waals surface area contributed by atoms with E-state index in [-0.39, 0.29) is 36.9 Å². The molecule has 1 heterocycles. The van der Waals surface area contributed by atoms with Crippen LogP contribution in [0.25, 0.3) is 0 Å². The molecule has 1 aromatic rings. The molecule has 0 aliphatic heterocycles. The molecule has 100 valence electrons. The Morgan fingerprint density at radius 3 is 2.33 bits per heavy atom. The molecule has 1 aromatic heterocycles. The van der Waals surface area contributed by atoms with E-state index in [4.69, 9.17) is 18.6 Å². The molecule has 0 unspecified atom stereocenters. The highest BCUT2D eigenvalue weighted by Crippen LogP contribution is 2.18. The van der Waals surface area contributed by atoms with Crippen molar-refractivity contribution in [1.82, 2.24) is 0 Å². The lowest BCUT2D eigenvalue weighted by Crippen LogP contribution is -2.06. The van der Waals surface area contributed by atoms with Gasteiger partial charge in [-0.2, -0.15) is 0 Å². The van der Waals surface area contributed by atoms with Gasteiger partial charge in [0, 0.05) is 13.2 Å². The normalized spacial score (nSPS) is 10.2. The van der Waals surface area contributed by atoms with Gasteiger partial charge in [0.05, 0.1) is 13.2 Å². The Bertz CT molecular complexity index is 420. The molecular weight excluding hydrogens is 240 g/mol. The average molecular weight is 256 g/mol. The third-order valence-electron chi connectivity index (χ3n) is 2.06. The topological polar surface area (TPSA) is 75.0 Å². The standard InChI is InChI=1S/C12H16O6/c1-4-16-11(13)8-6-9(12(14)17-5-2)18-10(8)7-15-3/h6H,4-5,7H2,1-3H3. The summed E-state index contributed by atoms with van der Waals surface area (Å²) in [6.07, 6.45) is 0. The third-order valence-corrected chi connectivity index (χ3v) is 2.06. The van der Waals surface area contributed by atoms with Gasteiger partial charge in [-0.15, -0.1) is 0 Å². The summed E-state index contributed by atoms with van der Waals surface area (Å²) in [5.41, 5.74) is 0.182. The van der Waals surface area contributed by atoms with E-state index < -0.39 is 11.9 Å². The zero-order valence-electron chi connectivity index (χ0n) is 10.6. The first-order valence-electron chi connectivity index (χ1n) is 5.59. The van der Waals surface area contributed by atoms with Crippen molar-refractivity contribution in [3.05, 3.63) is 23.2 Å². The van der Waals surface area contributed by atoms with Crippen LogP contribution < -0.4 is 0 Å². The second kappa shape index (κ2) is 6.80. The number of carbonyl (C=O) groups is 2. The quantitative estimate of drug-likeness (QED) is 0.722. The predicted molar refractivity (Wildman–Crippen MR) is 61.3 cm³/mol. The predicted octanol–water partition coefficient (Wildman–Crippen LogP) is 1.78. The first-order chi connectivity index (χ1) is 8.63. The van der Waals surface area contributed by atoms with Crippen molar-refractivity contribution in [3.8, 4) is 0 Å². The fourth-order valence-electron chi connectivity index (χ4n) is 1.35. The first kappa shape index (κ1) is 14.2. The second-order valence-corrected chi connectivity index (χ2v) is 3.32. The smallest absolute Gasteiger partial charge is 0.374 e. The number of esters is 2.